The first kappa shape index (κ1) is 12.8. The lowest BCUT2D eigenvalue weighted by molar-refractivity contribution is 0.0695. The van der Waals surface area contributed by atoms with Gasteiger partial charge in [-0.1, -0.05) is 26.0 Å². The summed E-state index contributed by atoms with van der Waals surface area (Å²) < 4.78 is 1.53. The van der Waals surface area contributed by atoms with E-state index in [-0.39, 0.29) is 11.5 Å². The third kappa shape index (κ3) is 2.20. The van der Waals surface area contributed by atoms with Gasteiger partial charge in [0.25, 0.3) is 0 Å². The van der Waals surface area contributed by atoms with Crippen molar-refractivity contribution in [3.05, 3.63) is 47.3 Å². The smallest absolute Gasteiger partial charge is 0.339 e. The van der Waals surface area contributed by atoms with E-state index in [1.807, 2.05) is 13.8 Å². The Morgan fingerprint density at radius 2 is 2.11 bits per heavy atom. The van der Waals surface area contributed by atoms with Gasteiger partial charge in [-0.2, -0.15) is 10.4 Å². The summed E-state index contributed by atoms with van der Waals surface area (Å²) in [5, 5.41) is 22.4. The van der Waals surface area contributed by atoms with Gasteiger partial charge in [0.15, 0.2) is 0 Å². The van der Waals surface area contributed by atoms with Gasteiger partial charge in [0.05, 0.1) is 23.1 Å². The highest BCUT2D eigenvalue weighted by molar-refractivity contribution is 5.89. The number of carboxylic acid groups (broad SMARTS) is 1. The molecule has 2 rings (SSSR count). The van der Waals surface area contributed by atoms with Crippen LogP contribution in [0.25, 0.3) is 5.69 Å². The quantitative estimate of drug-likeness (QED) is 0.914. The van der Waals surface area contributed by atoms with Gasteiger partial charge >= 0.3 is 5.97 Å². The van der Waals surface area contributed by atoms with Gasteiger partial charge in [0, 0.05) is 0 Å². The number of carboxylic acids is 1. The van der Waals surface area contributed by atoms with Crippen molar-refractivity contribution in [3.8, 4) is 11.8 Å². The van der Waals surface area contributed by atoms with Crippen LogP contribution in [0.4, 0.5) is 0 Å². The number of aromatic nitrogens is 2. The Balaban J connectivity index is 2.70. The molecule has 5 nitrogen and oxygen atoms in total. The number of hydrogen-bond donors (Lipinski definition) is 1. The largest absolute Gasteiger partial charge is 0.478 e. The van der Waals surface area contributed by atoms with Crippen molar-refractivity contribution < 1.29 is 9.90 Å². The molecule has 1 heterocycles. The van der Waals surface area contributed by atoms with Crippen LogP contribution < -0.4 is 0 Å². The van der Waals surface area contributed by atoms with Gasteiger partial charge in [0.2, 0.25) is 0 Å². The second-order valence-electron chi connectivity index (χ2n) is 4.44. The lowest BCUT2D eigenvalue weighted by Crippen LogP contribution is -2.09. The van der Waals surface area contributed by atoms with E-state index < -0.39 is 5.97 Å². The van der Waals surface area contributed by atoms with Crippen molar-refractivity contribution in [1.82, 2.24) is 9.78 Å². The van der Waals surface area contributed by atoms with Crippen LogP contribution in [0.3, 0.4) is 0 Å². The third-order valence-electron chi connectivity index (χ3n) is 2.84. The summed E-state index contributed by atoms with van der Waals surface area (Å²) >= 11 is 0. The minimum atomic E-state index is -1.01. The summed E-state index contributed by atoms with van der Waals surface area (Å²) in [6, 6.07) is 9.08. The predicted octanol–water partition coefficient (Wildman–Crippen LogP) is 2.57. The molecule has 0 aliphatic heterocycles. The van der Waals surface area contributed by atoms with Crippen molar-refractivity contribution in [2.24, 2.45) is 0 Å². The molecular weight excluding hydrogens is 242 g/mol. The molecule has 0 saturated carbocycles. The molecule has 0 aliphatic carbocycles. The first-order chi connectivity index (χ1) is 9.06. The standard InChI is InChI=1S/C14H13N3O2/c1-9(2)13-11(14(18)19)8-16-17(13)12-6-4-3-5-10(12)7-15/h3-6,8-9H,1-2H3,(H,18,19). The summed E-state index contributed by atoms with van der Waals surface area (Å²) in [5.41, 5.74) is 1.82. The van der Waals surface area contributed by atoms with Gasteiger partial charge in [-0.25, -0.2) is 9.48 Å². The van der Waals surface area contributed by atoms with Gasteiger partial charge in [0.1, 0.15) is 11.6 Å². The molecule has 0 aliphatic rings. The average molecular weight is 255 g/mol. The van der Waals surface area contributed by atoms with E-state index in [4.69, 9.17) is 5.26 Å². The summed E-state index contributed by atoms with van der Waals surface area (Å²) in [5.74, 6) is -1.02. The zero-order valence-corrected chi connectivity index (χ0v) is 10.7. The Bertz CT molecular complexity index is 666. The maximum atomic E-state index is 11.2. The number of aromatic carboxylic acids is 1. The first-order valence-corrected chi connectivity index (χ1v) is 5.87. The van der Waals surface area contributed by atoms with Crippen molar-refractivity contribution in [3.63, 3.8) is 0 Å². The maximum Gasteiger partial charge on any atom is 0.339 e. The highest BCUT2D eigenvalue weighted by atomic mass is 16.4. The minimum Gasteiger partial charge on any atom is -0.478 e. The van der Waals surface area contributed by atoms with Crippen LogP contribution in [-0.4, -0.2) is 20.9 Å². The number of carbonyl (C=O) groups is 1. The maximum absolute atomic E-state index is 11.2. The molecule has 1 N–H and O–H groups in total. The molecule has 5 heteroatoms. The normalized spacial score (nSPS) is 10.4. The molecule has 19 heavy (non-hydrogen) atoms. The number of para-hydroxylation sites is 1. The van der Waals surface area contributed by atoms with Gasteiger partial charge in [-0.05, 0) is 18.1 Å². The number of nitriles is 1. The van der Waals surface area contributed by atoms with Crippen molar-refractivity contribution in [2.75, 3.05) is 0 Å². The Morgan fingerprint density at radius 3 is 2.68 bits per heavy atom. The number of rotatable bonds is 3. The summed E-state index contributed by atoms with van der Waals surface area (Å²) in [6.45, 7) is 3.80. The van der Waals surface area contributed by atoms with E-state index in [1.165, 1.54) is 10.9 Å². The topological polar surface area (TPSA) is 78.9 Å². The number of benzene rings is 1. The van der Waals surface area contributed by atoms with E-state index in [9.17, 15) is 9.90 Å². The summed E-state index contributed by atoms with van der Waals surface area (Å²) in [7, 11) is 0. The Morgan fingerprint density at radius 1 is 1.42 bits per heavy atom. The molecule has 1 aromatic heterocycles. The molecule has 0 unspecified atom stereocenters. The first-order valence-electron chi connectivity index (χ1n) is 5.87. The molecule has 0 fully saturated rings. The van der Waals surface area contributed by atoms with Gasteiger partial charge in [-0.3, -0.25) is 0 Å². The molecule has 0 saturated heterocycles. The van der Waals surface area contributed by atoms with Crippen LogP contribution in [0.2, 0.25) is 0 Å². The van der Waals surface area contributed by atoms with E-state index in [1.54, 1.807) is 24.3 Å². The fourth-order valence-electron chi connectivity index (χ4n) is 2.02. The van der Waals surface area contributed by atoms with Crippen molar-refractivity contribution in [2.45, 2.75) is 19.8 Å². The second kappa shape index (κ2) is 4.94. The van der Waals surface area contributed by atoms with Crippen LogP contribution in [0.5, 0.6) is 0 Å². The van der Waals surface area contributed by atoms with Crippen LogP contribution in [0.15, 0.2) is 30.5 Å². The van der Waals surface area contributed by atoms with E-state index in [2.05, 4.69) is 11.2 Å². The molecule has 96 valence electrons. The molecule has 0 amide bonds. The highest BCUT2D eigenvalue weighted by Crippen LogP contribution is 2.24. The molecule has 1 aromatic carbocycles. The molecule has 0 spiro atoms. The van der Waals surface area contributed by atoms with Crippen LogP contribution in [-0.2, 0) is 0 Å². The van der Waals surface area contributed by atoms with Gasteiger partial charge in [-0.15, -0.1) is 0 Å². The van der Waals surface area contributed by atoms with E-state index in [0.29, 0.717) is 16.9 Å². The summed E-state index contributed by atoms with van der Waals surface area (Å²) in [4.78, 5) is 11.2. The zero-order chi connectivity index (χ0) is 14.0. The Kier molecular flexibility index (Phi) is 3.34. The number of nitrogens with zero attached hydrogens (tertiary/aromatic N) is 3. The molecule has 0 radical (unpaired) electrons. The molecule has 2 aromatic rings. The minimum absolute atomic E-state index is 0.0136. The lowest BCUT2D eigenvalue weighted by Gasteiger charge is -2.12. The van der Waals surface area contributed by atoms with Crippen LogP contribution in [0, 0.1) is 11.3 Å². The second-order valence-corrected chi connectivity index (χ2v) is 4.44. The molecule has 0 atom stereocenters. The van der Waals surface area contributed by atoms with Gasteiger partial charge < -0.3 is 5.11 Å². The SMILES string of the molecule is CC(C)c1c(C(=O)O)cnn1-c1ccccc1C#N. The summed E-state index contributed by atoms with van der Waals surface area (Å²) in [6.07, 6.45) is 1.33. The van der Waals surface area contributed by atoms with E-state index in [0.717, 1.165) is 0 Å². The Labute approximate surface area is 110 Å². The van der Waals surface area contributed by atoms with E-state index >= 15 is 0 Å². The average Bonchev–Trinajstić information content (AvgIpc) is 2.83. The van der Waals surface area contributed by atoms with Crippen LogP contribution >= 0.6 is 0 Å². The highest BCUT2D eigenvalue weighted by Gasteiger charge is 2.21. The third-order valence-corrected chi connectivity index (χ3v) is 2.84. The fraction of sp³-hybridized carbons (Fsp3) is 0.214. The molecular formula is C14H13N3O2. The number of hydrogen-bond acceptors (Lipinski definition) is 3. The zero-order valence-electron chi connectivity index (χ0n) is 10.7. The lowest BCUT2D eigenvalue weighted by atomic mass is 10.1. The van der Waals surface area contributed by atoms with Crippen molar-refractivity contribution >= 4 is 5.97 Å². The Hall–Kier alpha value is -2.61. The fourth-order valence-corrected chi connectivity index (χ4v) is 2.02. The molecule has 0 bridgehead atoms. The monoisotopic (exact) mass is 255 g/mol. The predicted molar refractivity (Wildman–Crippen MR) is 69.3 cm³/mol. The van der Waals surface area contributed by atoms with Crippen LogP contribution in [0.1, 0.15) is 41.4 Å². The van der Waals surface area contributed by atoms with Crippen molar-refractivity contribution in [1.29, 1.82) is 5.26 Å².